The summed E-state index contributed by atoms with van der Waals surface area (Å²) in [4.78, 5) is 17.4. The molecule has 0 amide bonds. The van der Waals surface area contributed by atoms with E-state index in [1.807, 2.05) is 42.5 Å². The van der Waals surface area contributed by atoms with E-state index in [2.05, 4.69) is 30.7 Å². The molecule has 6 nitrogen and oxygen atoms in total. The van der Waals surface area contributed by atoms with E-state index in [9.17, 15) is 4.39 Å². The highest BCUT2D eigenvalue weighted by Crippen LogP contribution is 2.37. The van der Waals surface area contributed by atoms with E-state index in [0.29, 0.717) is 5.75 Å². The minimum Gasteiger partial charge on any atom is -0.496 e. The number of methoxy groups -OCH3 is 1. The molecule has 33 heavy (non-hydrogen) atoms. The Labute approximate surface area is 194 Å². The van der Waals surface area contributed by atoms with E-state index < -0.39 is 5.95 Å². The van der Waals surface area contributed by atoms with Crippen LogP contribution in [0.15, 0.2) is 90.5 Å². The standard InChI is InChI=1S/C25H18FN5OS/c1-32-22-13-16(17-6-10-28-23(26)14-17)2-4-21(22)25-20-5-3-19(12-18(20)7-11-29-25)33-31-24-8-9-27-15-30-24/h2-15H,1H3,(H,27,30,31). The number of hydrogen-bond acceptors (Lipinski definition) is 7. The van der Waals surface area contributed by atoms with Crippen LogP contribution in [0.25, 0.3) is 33.2 Å². The first kappa shape index (κ1) is 20.8. The molecule has 5 rings (SSSR count). The number of nitrogens with zero attached hydrogens (tertiary/aromatic N) is 4. The van der Waals surface area contributed by atoms with Gasteiger partial charge in [0.2, 0.25) is 5.95 Å². The van der Waals surface area contributed by atoms with Crippen LogP contribution in [-0.2, 0) is 0 Å². The molecule has 0 aliphatic rings. The summed E-state index contributed by atoms with van der Waals surface area (Å²) >= 11 is 1.48. The van der Waals surface area contributed by atoms with Crippen LogP contribution in [0.5, 0.6) is 5.75 Å². The second-order valence-corrected chi connectivity index (χ2v) is 8.00. The molecule has 0 radical (unpaired) electrons. The molecule has 5 aromatic rings. The summed E-state index contributed by atoms with van der Waals surface area (Å²) < 4.78 is 22.5. The Balaban J connectivity index is 1.49. The zero-order chi connectivity index (χ0) is 22.6. The Kier molecular flexibility index (Phi) is 5.82. The van der Waals surface area contributed by atoms with Gasteiger partial charge < -0.3 is 9.46 Å². The van der Waals surface area contributed by atoms with Crippen LogP contribution in [0.3, 0.4) is 0 Å². The molecular formula is C25H18FN5OS. The van der Waals surface area contributed by atoms with Crippen LogP contribution < -0.4 is 9.46 Å². The normalized spacial score (nSPS) is 10.8. The number of benzene rings is 2. The van der Waals surface area contributed by atoms with Crippen LogP contribution in [0.1, 0.15) is 0 Å². The average Bonchev–Trinajstić information content (AvgIpc) is 2.87. The van der Waals surface area contributed by atoms with Gasteiger partial charge in [0, 0.05) is 40.5 Å². The van der Waals surface area contributed by atoms with Crippen molar-refractivity contribution in [1.82, 2.24) is 19.9 Å². The van der Waals surface area contributed by atoms with Crippen molar-refractivity contribution in [1.29, 1.82) is 0 Å². The molecular weight excluding hydrogens is 437 g/mol. The number of nitrogens with one attached hydrogen (secondary N) is 1. The van der Waals surface area contributed by atoms with Crippen molar-refractivity contribution in [2.24, 2.45) is 0 Å². The number of ether oxygens (including phenoxy) is 1. The van der Waals surface area contributed by atoms with E-state index in [4.69, 9.17) is 4.74 Å². The molecule has 0 fully saturated rings. The van der Waals surface area contributed by atoms with Gasteiger partial charge in [-0.1, -0.05) is 12.1 Å². The lowest BCUT2D eigenvalue weighted by molar-refractivity contribution is 0.416. The third-order valence-corrected chi connectivity index (χ3v) is 5.91. The maximum absolute atomic E-state index is 13.6. The maximum Gasteiger partial charge on any atom is 0.213 e. The molecule has 162 valence electrons. The van der Waals surface area contributed by atoms with Crippen molar-refractivity contribution in [3.05, 3.63) is 91.5 Å². The van der Waals surface area contributed by atoms with E-state index in [1.165, 1.54) is 30.5 Å². The lowest BCUT2D eigenvalue weighted by Crippen LogP contribution is -1.93. The van der Waals surface area contributed by atoms with Gasteiger partial charge in [-0.3, -0.25) is 4.98 Å². The Morgan fingerprint density at radius 2 is 1.73 bits per heavy atom. The zero-order valence-electron chi connectivity index (χ0n) is 17.6. The van der Waals surface area contributed by atoms with Crippen molar-refractivity contribution >= 4 is 28.5 Å². The number of hydrogen-bond donors (Lipinski definition) is 1. The number of fused-ring (bicyclic) bond motifs is 1. The predicted octanol–water partition coefficient (Wildman–Crippen LogP) is 6.02. The fourth-order valence-electron chi connectivity index (χ4n) is 3.54. The first-order valence-corrected chi connectivity index (χ1v) is 10.9. The smallest absolute Gasteiger partial charge is 0.213 e. The van der Waals surface area contributed by atoms with E-state index in [1.54, 1.807) is 25.6 Å². The predicted molar refractivity (Wildman–Crippen MR) is 128 cm³/mol. The summed E-state index contributed by atoms with van der Waals surface area (Å²) in [5.41, 5.74) is 3.25. The average molecular weight is 456 g/mol. The molecule has 0 atom stereocenters. The monoisotopic (exact) mass is 455 g/mol. The highest BCUT2D eigenvalue weighted by atomic mass is 32.2. The highest BCUT2D eigenvalue weighted by Gasteiger charge is 2.13. The minimum atomic E-state index is -0.519. The molecule has 0 saturated carbocycles. The van der Waals surface area contributed by atoms with Gasteiger partial charge in [0.1, 0.15) is 17.9 Å². The summed E-state index contributed by atoms with van der Waals surface area (Å²) in [6.45, 7) is 0. The molecule has 3 aromatic heterocycles. The second-order valence-electron chi connectivity index (χ2n) is 7.12. The van der Waals surface area contributed by atoms with Crippen molar-refractivity contribution in [3.8, 4) is 28.1 Å². The van der Waals surface area contributed by atoms with Gasteiger partial charge in [0.05, 0.1) is 12.8 Å². The van der Waals surface area contributed by atoms with Crippen LogP contribution in [0.2, 0.25) is 0 Å². The second kappa shape index (κ2) is 9.22. The maximum atomic E-state index is 13.6. The minimum absolute atomic E-state index is 0.519. The van der Waals surface area contributed by atoms with E-state index in [0.717, 1.165) is 43.9 Å². The molecule has 0 bridgehead atoms. The van der Waals surface area contributed by atoms with Gasteiger partial charge in [-0.2, -0.15) is 4.39 Å². The summed E-state index contributed by atoms with van der Waals surface area (Å²) in [6, 6.07) is 18.9. The van der Waals surface area contributed by atoms with Gasteiger partial charge in [-0.25, -0.2) is 15.0 Å². The molecule has 0 aliphatic heterocycles. The van der Waals surface area contributed by atoms with Crippen molar-refractivity contribution in [3.63, 3.8) is 0 Å². The summed E-state index contributed by atoms with van der Waals surface area (Å²) in [7, 11) is 1.62. The Morgan fingerprint density at radius 3 is 2.55 bits per heavy atom. The van der Waals surface area contributed by atoms with E-state index in [-0.39, 0.29) is 0 Å². The highest BCUT2D eigenvalue weighted by molar-refractivity contribution is 8.00. The van der Waals surface area contributed by atoms with Gasteiger partial charge in [-0.15, -0.1) is 0 Å². The Morgan fingerprint density at radius 1 is 0.848 bits per heavy atom. The lowest BCUT2D eigenvalue weighted by Gasteiger charge is -2.13. The fraction of sp³-hybridized carbons (Fsp3) is 0.0400. The van der Waals surface area contributed by atoms with Crippen LogP contribution >= 0.6 is 11.9 Å². The molecule has 0 unspecified atom stereocenters. The van der Waals surface area contributed by atoms with Crippen LogP contribution in [0.4, 0.5) is 10.2 Å². The number of halogens is 1. The molecule has 2 aromatic carbocycles. The first-order chi connectivity index (χ1) is 16.2. The SMILES string of the molecule is COc1cc(-c2ccnc(F)c2)ccc1-c1nccc2cc(SNc3ccncn3)ccc12. The summed E-state index contributed by atoms with van der Waals surface area (Å²) in [6.07, 6.45) is 6.44. The summed E-state index contributed by atoms with van der Waals surface area (Å²) in [5, 5.41) is 2.06. The molecule has 8 heteroatoms. The molecule has 1 N–H and O–H groups in total. The lowest BCUT2D eigenvalue weighted by atomic mass is 9.99. The quantitative estimate of drug-likeness (QED) is 0.248. The fourth-order valence-corrected chi connectivity index (χ4v) is 4.21. The number of rotatable bonds is 6. The van der Waals surface area contributed by atoms with Gasteiger partial charge in [-0.05, 0) is 70.9 Å². The number of anilines is 1. The Hall–Kier alpha value is -4.04. The molecule has 3 heterocycles. The molecule has 0 aliphatic carbocycles. The number of aromatic nitrogens is 4. The van der Waals surface area contributed by atoms with Gasteiger partial charge in [0.15, 0.2) is 0 Å². The van der Waals surface area contributed by atoms with Crippen LogP contribution in [0, 0.1) is 5.95 Å². The van der Waals surface area contributed by atoms with Crippen molar-refractivity contribution in [2.45, 2.75) is 4.90 Å². The third kappa shape index (κ3) is 4.47. The van der Waals surface area contributed by atoms with Gasteiger partial charge in [0.25, 0.3) is 0 Å². The van der Waals surface area contributed by atoms with E-state index >= 15 is 0 Å². The van der Waals surface area contributed by atoms with Crippen molar-refractivity contribution in [2.75, 3.05) is 11.8 Å². The summed E-state index contributed by atoms with van der Waals surface area (Å²) in [5.74, 6) is 0.882. The first-order valence-electron chi connectivity index (χ1n) is 10.1. The number of pyridine rings is 2. The third-order valence-electron chi connectivity index (χ3n) is 5.11. The molecule has 0 spiro atoms. The topological polar surface area (TPSA) is 72.8 Å². The van der Waals surface area contributed by atoms with Crippen LogP contribution in [-0.4, -0.2) is 27.0 Å². The molecule has 0 saturated heterocycles. The van der Waals surface area contributed by atoms with Crippen molar-refractivity contribution < 1.29 is 9.13 Å². The largest absolute Gasteiger partial charge is 0.496 e. The zero-order valence-corrected chi connectivity index (χ0v) is 18.4. The Bertz CT molecular complexity index is 1430. The van der Waals surface area contributed by atoms with Gasteiger partial charge >= 0.3 is 0 Å².